The number of fused-ring (bicyclic) bond motifs is 1. The largest absolute Gasteiger partial charge is 0.383 e. The first kappa shape index (κ1) is 12.4. The zero-order valence-corrected chi connectivity index (χ0v) is 11.0. The highest BCUT2D eigenvalue weighted by Gasteiger charge is 2.07. The third-order valence-electron chi connectivity index (χ3n) is 2.86. The van der Waals surface area contributed by atoms with Crippen LogP contribution in [0.25, 0.3) is 11.0 Å². The Kier molecular flexibility index (Phi) is 3.21. The van der Waals surface area contributed by atoms with Gasteiger partial charge in [-0.15, -0.1) is 0 Å². The van der Waals surface area contributed by atoms with Gasteiger partial charge < -0.3 is 20.8 Å². The second-order valence-electron chi connectivity index (χ2n) is 4.28. The molecule has 3 heterocycles. The van der Waals surface area contributed by atoms with Crippen molar-refractivity contribution in [2.75, 3.05) is 24.8 Å². The lowest BCUT2D eigenvalue weighted by Crippen LogP contribution is -2.04. The molecule has 3 aromatic heterocycles. The van der Waals surface area contributed by atoms with Crippen LogP contribution in [0.5, 0.6) is 0 Å². The lowest BCUT2D eigenvalue weighted by molar-refractivity contribution is 0.183. The topological polar surface area (TPSA) is 107 Å². The summed E-state index contributed by atoms with van der Waals surface area (Å²) in [6.45, 7) is 1.30. The van der Waals surface area contributed by atoms with Crippen LogP contribution in [0.15, 0.2) is 24.7 Å². The molecule has 0 atom stereocenters. The molecule has 0 fully saturated rings. The Morgan fingerprint density at radius 2 is 2.35 bits per heavy atom. The Hall–Kier alpha value is -2.61. The van der Waals surface area contributed by atoms with E-state index in [1.165, 1.54) is 0 Å². The third-order valence-corrected chi connectivity index (χ3v) is 2.86. The maximum absolute atomic E-state index is 5.88. The van der Waals surface area contributed by atoms with E-state index < -0.39 is 0 Å². The number of aromatic amines is 1. The van der Waals surface area contributed by atoms with E-state index in [-0.39, 0.29) is 0 Å². The van der Waals surface area contributed by atoms with Gasteiger partial charge in [-0.25, -0.2) is 0 Å². The normalized spacial score (nSPS) is 11.1. The molecular weight excluding hydrogens is 258 g/mol. The molecule has 0 aliphatic carbocycles. The molecule has 8 nitrogen and oxygen atoms in total. The molecule has 0 aliphatic heterocycles. The Labute approximate surface area is 115 Å². The van der Waals surface area contributed by atoms with Crippen LogP contribution in [-0.2, 0) is 11.3 Å². The first-order valence-corrected chi connectivity index (χ1v) is 6.15. The minimum atomic E-state index is 0.434. The summed E-state index contributed by atoms with van der Waals surface area (Å²) in [5.74, 6) is 0.870. The lowest BCUT2D eigenvalue weighted by Gasteiger charge is -2.03. The number of rotatable bonds is 5. The molecule has 0 bridgehead atoms. The van der Waals surface area contributed by atoms with Gasteiger partial charge in [-0.2, -0.15) is 15.1 Å². The minimum absolute atomic E-state index is 0.434. The number of aromatic nitrogens is 5. The quantitative estimate of drug-likeness (QED) is 0.643. The van der Waals surface area contributed by atoms with E-state index in [4.69, 9.17) is 10.5 Å². The Bertz CT molecular complexity index is 717. The predicted octanol–water partition coefficient (Wildman–Crippen LogP) is 1.13. The molecule has 0 unspecified atom stereocenters. The molecule has 8 heteroatoms. The van der Waals surface area contributed by atoms with Crippen molar-refractivity contribution < 1.29 is 4.74 Å². The Morgan fingerprint density at radius 3 is 3.20 bits per heavy atom. The average molecular weight is 273 g/mol. The highest BCUT2D eigenvalue weighted by atomic mass is 16.5. The predicted molar refractivity (Wildman–Crippen MR) is 75.7 cm³/mol. The fraction of sp³-hybridized carbons (Fsp3) is 0.250. The van der Waals surface area contributed by atoms with Crippen molar-refractivity contribution >= 4 is 28.5 Å². The Balaban J connectivity index is 1.80. The van der Waals surface area contributed by atoms with Gasteiger partial charge in [0.1, 0.15) is 11.5 Å². The number of ether oxygens (including phenoxy) is 1. The third kappa shape index (κ3) is 2.41. The molecule has 0 amide bonds. The van der Waals surface area contributed by atoms with Gasteiger partial charge in [0.15, 0.2) is 0 Å². The van der Waals surface area contributed by atoms with E-state index in [9.17, 15) is 0 Å². The van der Waals surface area contributed by atoms with Crippen LogP contribution in [0.2, 0.25) is 0 Å². The Morgan fingerprint density at radius 1 is 1.45 bits per heavy atom. The van der Waals surface area contributed by atoms with Crippen molar-refractivity contribution in [1.29, 1.82) is 0 Å². The van der Waals surface area contributed by atoms with E-state index in [1.54, 1.807) is 24.2 Å². The van der Waals surface area contributed by atoms with Crippen LogP contribution < -0.4 is 11.1 Å². The number of nitrogen functional groups attached to an aromatic ring is 1. The zero-order chi connectivity index (χ0) is 13.9. The summed E-state index contributed by atoms with van der Waals surface area (Å²) in [5.41, 5.74) is 7.38. The smallest absolute Gasteiger partial charge is 0.231 e. The average Bonchev–Trinajstić information content (AvgIpc) is 3.05. The van der Waals surface area contributed by atoms with Crippen molar-refractivity contribution in [3.05, 3.63) is 24.7 Å². The first-order chi connectivity index (χ1) is 9.76. The molecule has 0 saturated carbocycles. The number of nitrogens with two attached hydrogens (primary N) is 1. The van der Waals surface area contributed by atoms with E-state index in [0.29, 0.717) is 30.6 Å². The highest BCUT2D eigenvalue weighted by molar-refractivity contribution is 5.87. The first-order valence-electron chi connectivity index (χ1n) is 6.15. The molecule has 20 heavy (non-hydrogen) atoms. The van der Waals surface area contributed by atoms with Crippen LogP contribution in [0, 0.1) is 0 Å². The summed E-state index contributed by atoms with van der Waals surface area (Å²) >= 11 is 0. The number of H-pyrrole nitrogens is 1. The van der Waals surface area contributed by atoms with Gasteiger partial charge in [-0.3, -0.25) is 4.68 Å². The SMILES string of the molecule is COCCn1cc(Nc2nc(N)c3cc[nH]c3n2)cn1. The second-order valence-corrected chi connectivity index (χ2v) is 4.28. The highest BCUT2D eigenvalue weighted by Crippen LogP contribution is 2.20. The van der Waals surface area contributed by atoms with Crippen molar-refractivity contribution in [3.8, 4) is 0 Å². The van der Waals surface area contributed by atoms with Gasteiger partial charge in [-0.1, -0.05) is 0 Å². The van der Waals surface area contributed by atoms with Crippen molar-refractivity contribution in [1.82, 2.24) is 24.7 Å². The van der Waals surface area contributed by atoms with Gasteiger partial charge in [-0.05, 0) is 6.07 Å². The molecule has 3 rings (SSSR count). The fourth-order valence-corrected chi connectivity index (χ4v) is 1.89. The van der Waals surface area contributed by atoms with Crippen LogP contribution in [-0.4, -0.2) is 38.4 Å². The number of hydrogen-bond donors (Lipinski definition) is 3. The molecule has 3 aromatic rings. The number of methoxy groups -OCH3 is 1. The summed E-state index contributed by atoms with van der Waals surface area (Å²) in [4.78, 5) is 11.6. The molecule has 0 spiro atoms. The summed E-state index contributed by atoms with van der Waals surface area (Å²) in [6, 6.07) is 1.84. The van der Waals surface area contributed by atoms with E-state index in [1.807, 2.05) is 12.3 Å². The molecule has 0 radical (unpaired) electrons. The summed E-state index contributed by atoms with van der Waals surface area (Å²) in [5, 5.41) is 8.09. The molecule has 0 aliphatic rings. The summed E-state index contributed by atoms with van der Waals surface area (Å²) < 4.78 is 6.78. The number of anilines is 3. The van der Waals surface area contributed by atoms with Crippen molar-refractivity contribution in [3.63, 3.8) is 0 Å². The van der Waals surface area contributed by atoms with Gasteiger partial charge in [0.25, 0.3) is 0 Å². The molecular formula is C12H15N7O. The fourth-order valence-electron chi connectivity index (χ4n) is 1.89. The monoisotopic (exact) mass is 273 g/mol. The van der Waals surface area contributed by atoms with Gasteiger partial charge >= 0.3 is 0 Å². The lowest BCUT2D eigenvalue weighted by atomic mass is 10.4. The maximum Gasteiger partial charge on any atom is 0.231 e. The maximum atomic E-state index is 5.88. The standard InChI is InChI=1S/C12H15N7O/c1-20-5-4-19-7-8(6-15-19)16-12-17-10(13)9-2-3-14-11(9)18-12/h2-3,6-7H,4-5H2,1H3,(H4,13,14,16,17,18). The molecule has 0 saturated heterocycles. The zero-order valence-electron chi connectivity index (χ0n) is 11.0. The van der Waals surface area contributed by atoms with Gasteiger partial charge in [0, 0.05) is 19.5 Å². The van der Waals surface area contributed by atoms with Gasteiger partial charge in [0.05, 0.1) is 30.4 Å². The van der Waals surface area contributed by atoms with Crippen molar-refractivity contribution in [2.45, 2.75) is 6.54 Å². The molecule has 4 N–H and O–H groups in total. The number of nitrogens with zero attached hydrogens (tertiary/aromatic N) is 4. The second kappa shape index (κ2) is 5.17. The molecule has 0 aromatic carbocycles. The van der Waals surface area contributed by atoms with E-state index in [2.05, 4.69) is 25.4 Å². The number of hydrogen-bond acceptors (Lipinski definition) is 6. The van der Waals surface area contributed by atoms with Crippen LogP contribution >= 0.6 is 0 Å². The number of nitrogens with one attached hydrogen (secondary N) is 2. The van der Waals surface area contributed by atoms with Crippen LogP contribution in [0.1, 0.15) is 0 Å². The van der Waals surface area contributed by atoms with Gasteiger partial charge in [0.2, 0.25) is 5.95 Å². The van der Waals surface area contributed by atoms with Crippen LogP contribution in [0.4, 0.5) is 17.5 Å². The summed E-state index contributed by atoms with van der Waals surface area (Å²) in [7, 11) is 1.66. The molecule has 104 valence electrons. The summed E-state index contributed by atoms with van der Waals surface area (Å²) in [6.07, 6.45) is 5.34. The van der Waals surface area contributed by atoms with E-state index in [0.717, 1.165) is 11.1 Å². The minimum Gasteiger partial charge on any atom is -0.383 e. The van der Waals surface area contributed by atoms with Crippen LogP contribution in [0.3, 0.4) is 0 Å². The van der Waals surface area contributed by atoms with E-state index >= 15 is 0 Å². The van der Waals surface area contributed by atoms with Crippen molar-refractivity contribution in [2.24, 2.45) is 0 Å².